The van der Waals surface area contributed by atoms with Crippen LogP contribution in [0.4, 0.5) is 154 Å². The number of hydrogen-bond donors (Lipinski definition) is 0. The molecule has 0 radical (unpaired) electrons. The van der Waals surface area contributed by atoms with Crippen molar-refractivity contribution in [1.29, 1.82) is 0 Å². The molecule has 56 heavy (non-hydrogen) atoms. The van der Waals surface area contributed by atoms with Crippen LogP contribution in [0, 0.1) is 0 Å². The summed E-state index contributed by atoms with van der Waals surface area (Å²) in [5, 5.41) is 9.84. The molecular weight excluding hydrogens is 920 g/mol. The average Bonchev–Trinajstić information content (AvgIpc) is 2.94. The second kappa shape index (κ2) is 13.3. The Morgan fingerprint density at radius 3 is 0.446 bits per heavy atom. The zero-order valence-electron chi connectivity index (χ0n) is 24.0. The molecule has 0 aliphatic heterocycles. The fourth-order valence-corrected chi connectivity index (χ4v) is 3.07. The second-order valence-corrected chi connectivity index (χ2v) is 9.98. The van der Waals surface area contributed by atoms with Gasteiger partial charge >= 0.3 is 120 Å². The van der Waals surface area contributed by atoms with E-state index in [-0.39, 0.29) is 18.9 Å². The number of rotatable bonds is 16. The van der Waals surface area contributed by atoms with Gasteiger partial charge < -0.3 is 9.90 Å². The van der Waals surface area contributed by atoms with E-state index in [1.165, 1.54) is 0 Å². The molecular formula is C18F35LiO2. The van der Waals surface area contributed by atoms with Gasteiger partial charge in [0, 0.05) is 0 Å². The van der Waals surface area contributed by atoms with Crippen LogP contribution in [0.1, 0.15) is 0 Å². The zero-order chi connectivity index (χ0) is 46.1. The maximum atomic E-state index is 13.8. The number of hydrogen-bond acceptors (Lipinski definition) is 2. The summed E-state index contributed by atoms with van der Waals surface area (Å²) in [6.07, 6.45) is -8.45. The summed E-state index contributed by atoms with van der Waals surface area (Å²) in [6, 6.07) is 0. The molecule has 0 bridgehead atoms. The van der Waals surface area contributed by atoms with E-state index >= 15 is 0 Å². The first kappa shape index (κ1) is 55.7. The minimum absolute atomic E-state index is 0. The summed E-state index contributed by atoms with van der Waals surface area (Å²) in [5.74, 6) is -162. The van der Waals surface area contributed by atoms with E-state index in [1.54, 1.807) is 0 Å². The fraction of sp³-hybridized carbons (Fsp3) is 0.944. The Labute approximate surface area is 290 Å². The molecule has 0 N–H and O–H groups in total. The monoisotopic (exact) mass is 920 g/mol. The Balaban J connectivity index is 0. The number of carboxylic acids is 1. The van der Waals surface area contributed by atoms with Crippen LogP contribution in [-0.4, -0.2) is 107 Å². The molecule has 330 valence electrons. The Morgan fingerprint density at radius 2 is 0.339 bits per heavy atom. The molecule has 0 aliphatic carbocycles. The van der Waals surface area contributed by atoms with E-state index in [1.807, 2.05) is 0 Å². The largest absolute Gasteiger partial charge is 1.00 e. The molecule has 0 aromatic heterocycles. The van der Waals surface area contributed by atoms with Crippen LogP contribution in [-0.2, 0) is 4.79 Å². The minimum Gasteiger partial charge on any atom is -0.544 e. The van der Waals surface area contributed by atoms with Crippen LogP contribution in [0.3, 0.4) is 0 Å². The first-order chi connectivity index (χ1) is 22.9. The molecule has 0 rings (SSSR count). The predicted octanol–water partition coefficient (Wildman–Crippen LogP) is 6.47. The topological polar surface area (TPSA) is 40.1 Å². The number of alkyl halides is 35. The number of halogens is 35. The molecule has 0 unspecified atom stereocenters. The van der Waals surface area contributed by atoms with Gasteiger partial charge in [-0.05, 0) is 0 Å². The molecule has 0 amide bonds. The third kappa shape index (κ3) is 6.07. The van der Waals surface area contributed by atoms with Gasteiger partial charge in [0.2, 0.25) is 0 Å². The third-order valence-corrected chi connectivity index (χ3v) is 6.53. The molecule has 0 atom stereocenters. The van der Waals surface area contributed by atoms with Crippen molar-refractivity contribution in [1.82, 2.24) is 0 Å². The quantitative estimate of drug-likeness (QED) is 0.132. The summed E-state index contributed by atoms with van der Waals surface area (Å²) < 4.78 is 468. The van der Waals surface area contributed by atoms with Crippen LogP contribution >= 0.6 is 0 Å². The summed E-state index contributed by atoms with van der Waals surface area (Å²) >= 11 is 0. The van der Waals surface area contributed by atoms with E-state index < -0.39 is 107 Å². The van der Waals surface area contributed by atoms with Crippen molar-refractivity contribution in [3.8, 4) is 0 Å². The van der Waals surface area contributed by atoms with Crippen molar-refractivity contribution in [2.75, 3.05) is 0 Å². The Kier molecular flexibility index (Phi) is 13.2. The molecule has 0 saturated heterocycles. The van der Waals surface area contributed by atoms with Gasteiger partial charge in [-0.15, -0.1) is 0 Å². The van der Waals surface area contributed by atoms with Crippen molar-refractivity contribution in [2.45, 2.75) is 101 Å². The Hall–Kier alpha value is -2.38. The van der Waals surface area contributed by atoms with Crippen LogP contribution in [0.15, 0.2) is 0 Å². The Bertz CT molecular complexity index is 1450. The molecule has 0 spiro atoms. The first-order valence-corrected chi connectivity index (χ1v) is 11.3. The van der Waals surface area contributed by atoms with E-state index in [0.717, 1.165) is 0 Å². The van der Waals surface area contributed by atoms with E-state index in [4.69, 9.17) is 0 Å². The number of carbonyl (C=O) groups excluding carboxylic acids is 1. The van der Waals surface area contributed by atoms with Gasteiger partial charge in [-0.25, -0.2) is 0 Å². The van der Waals surface area contributed by atoms with E-state index in [2.05, 4.69) is 0 Å². The van der Waals surface area contributed by atoms with Crippen molar-refractivity contribution in [2.24, 2.45) is 0 Å². The van der Waals surface area contributed by atoms with E-state index in [0.29, 0.717) is 0 Å². The number of carboxylic acid groups (broad SMARTS) is 1. The third-order valence-electron chi connectivity index (χ3n) is 6.53. The van der Waals surface area contributed by atoms with Crippen molar-refractivity contribution in [3.63, 3.8) is 0 Å². The predicted molar refractivity (Wildman–Crippen MR) is 90.2 cm³/mol. The van der Waals surface area contributed by atoms with Gasteiger partial charge in [-0.2, -0.15) is 154 Å². The molecule has 0 aromatic rings. The molecule has 0 saturated carbocycles. The summed E-state index contributed by atoms with van der Waals surface area (Å²) in [6.45, 7) is 0. The van der Waals surface area contributed by atoms with Gasteiger partial charge in [0.15, 0.2) is 0 Å². The van der Waals surface area contributed by atoms with Crippen LogP contribution in [0.25, 0.3) is 0 Å². The fourth-order valence-electron chi connectivity index (χ4n) is 3.07. The molecule has 38 heteroatoms. The average molecular weight is 920 g/mol. The van der Waals surface area contributed by atoms with Gasteiger partial charge in [-0.3, -0.25) is 0 Å². The minimum atomic E-state index is -10.4. The molecule has 0 aromatic carbocycles. The van der Waals surface area contributed by atoms with Crippen LogP contribution in [0.5, 0.6) is 0 Å². The van der Waals surface area contributed by atoms with Crippen LogP contribution < -0.4 is 24.0 Å². The van der Waals surface area contributed by atoms with Crippen molar-refractivity contribution >= 4 is 5.97 Å². The maximum Gasteiger partial charge on any atom is 1.00 e. The van der Waals surface area contributed by atoms with Crippen LogP contribution in [0.2, 0.25) is 0 Å². The van der Waals surface area contributed by atoms with Gasteiger partial charge in [0.05, 0.1) is 0 Å². The summed E-state index contributed by atoms with van der Waals surface area (Å²) in [4.78, 5) is 9.84. The molecule has 0 aliphatic rings. The molecule has 0 heterocycles. The summed E-state index contributed by atoms with van der Waals surface area (Å²) in [7, 11) is 0. The van der Waals surface area contributed by atoms with Gasteiger partial charge in [0.25, 0.3) is 0 Å². The van der Waals surface area contributed by atoms with Crippen molar-refractivity contribution in [3.05, 3.63) is 0 Å². The number of aliphatic carboxylic acids is 1. The normalized spacial score (nSPS) is 16.8. The molecule has 0 fully saturated rings. The number of carbonyl (C=O) groups is 1. The SMILES string of the molecule is O=C([O-])C(F)(F)C(F)(F)C(F)(F)C(F)(F)C(F)(F)C(F)(F)C(F)(F)C(F)(F)C(F)(F)C(F)(F)C(F)(F)C(F)(F)C(F)(F)C(F)(F)C(F)(F)C(F)(F)C(F)(F)F.[Li+]. The van der Waals surface area contributed by atoms with E-state index in [9.17, 15) is 164 Å². The maximum absolute atomic E-state index is 13.8. The van der Waals surface area contributed by atoms with Gasteiger partial charge in [0.1, 0.15) is 5.97 Å². The van der Waals surface area contributed by atoms with Crippen molar-refractivity contribution < 1.29 is 182 Å². The molecule has 2 nitrogen and oxygen atoms in total. The van der Waals surface area contributed by atoms with Gasteiger partial charge in [-0.1, -0.05) is 0 Å². The smallest absolute Gasteiger partial charge is 0.544 e. The zero-order valence-corrected chi connectivity index (χ0v) is 24.0. The standard InChI is InChI=1S/C18HF35O2.Li/c19-2(20,1(54)55)3(21,22)4(23,24)5(25,26)6(27,28)7(29,30)8(31,32)9(33,34)10(35,36)11(37,38)12(39,40)13(41,42)14(43,44)15(45,46)16(47,48)17(49,50)18(51,52)53;/h(H,54,55);/q;+1/p-1. The Morgan fingerprint density at radius 1 is 0.232 bits per heavy atom. The second-order valence-electron chi connectivity index (χ2n) is 9.98. The summed E-state index contributed by atoms with van der Waals surface area (Å²) in [5.41, 5.74) is 0. The first-order valence-electron chi connectivity index (χ1n) is 11.3.